The molecule has 3 atom stereocenters. The maximum Gasteiger partial charge on any atom is 0.408 e. The number of Topliss-reactive ketones (excluding diaryl/α,β-unsaturated/α-hetero) is 1. The minimum atomic E-state index is -1.01. The second-order valence-corrected chi connectivity index (χ2v) is 13.1. The minimum Gasteiger partial charge on any atom is -0.455 e. The molecular formula is C28H35N2O7P. The number of nitrogens with zero attached hydrogens (tertiary/aromatic N) is 1. The van der Waals surface area contributed by atoms with Crippen LogP contribution in [0.5, 0.6) is 11.5 Å². The number of rotatable bonds is 8. The molecule has 1 N–H and O–H groups in total. The fourth-order valence-corrected chi connectivity index (χ4v) is 6.64. The molecule has 9 nitrogen and oxygen atoms in total. The highest BCUT2D eigenvalue weighted by atomic mass is 31.1. The maximum atomic E-state index is 13.4. The quantitative estimate of drug-likeness (QED) is 0.294. The molecule has 204 valence electrons. The van der Waals surface area contributed by atoms with Crippen molar-refractivity contribution in [1.82, 2.24) is 10.2 Å². The Kier molecular flexibility index (Phi) is 8.90. The largest absolute Gasteiger partial charge is 0.455 e. The Bertz CT molecular complexity index is 1150. The van der Waals surface area contributed by atoms with E-state index in [1.54, 1.807) is 63.2 Å². The summed E-state index contributed by atoms with van der Waals surface area (Å²) in [5, 5.41) is 2.68. The number of alkyl carbamates (subject to hydrolysis) is 1. The zero-order valence-electron chi connectivity index (χ0n) is 22.3. The van der Waals surface area contributed by atoms with E-state index in [-0.39, 0.29) is 25.0 Å². The van der Waals surface area contributed by atoms with Crippen LogP contribution in [0.1, 0.15) is 49.7 Å². The van der Waals surface area contributed by atoms with Crippen LogP contribution in [0.3, 0.4) is 0 Å². The van der Waals surface area contributed by atoms with Crippen molar-refractivity contribution in [3.63, 3.8) is 0 Å². The second-order valence-electron chi connectivity index (χ2n) is 10.2. The number of esters is 1. The number of ketones is 1. The Morgan fingerprint density at radius 2 is 1.84 bits per heavy atom. The lowest BCUT2D eigenvalue weighted by Gasteiger charge is -2.38. The molecule has 2 aliphatic rings. The molecular weight excluding hydrogens is 507 g/mol. The van der Waals surface area contributed by atoms with Gasteiger partial charge in [-0.3, -0.25) is 9.69 Å². The molecule has 0 aromatic heterocycles. The van der Waals surface area contributed by atoms with E-state index in [9.17, 15) is 14.4 Å². The van der Waals surface area contributed by atoms with E-state index >= 15 is 0 Å². The average Bonchev–Trinajstić information content (AvgIpc) is 3.35. The molecule has 0 saturated carbocycles. The van der Waals surface area contributed by atoms with Crippen molar-refractivity contribution in [2.45, 2.75) is 45.2 Å². The fourth-order valence-electron chi connectivity index (χ4n) is 4.37. The Morgan fingerprint density at radius 1 is 1.11 bits per heavy atom. The van der Waals surface area contributed by atoms with E-state index < -0.39 is 31.6 Å². The zero-order chi connectivity index (χ0) is 27.3. The SMILES string of the molecule is CCP1CCN(CC(=O)c2ccc3c(c2)OCO3)C[C@@H]1OC(=O)C(NC(=O)OC(C)(C)C)c1ccccc1. The van der Waals surface area contributed by atoms with Gasteiger partial charge < -0.3 is 24.3 Å². The highest BCUT2D eigenvalue weighted by molar-refractivity contribution is 7.58. The molecule has 10 heteroatoms. The second kappa shape index (κ2) is 12.1. The molecule has 0 spiro atoms. The lowest BCUT2D eigenvalue weighted by molar-refractivity contribution is -0.149. The summed E-state index contributed by atoms with van der Waals surface area (Å²) in [5.74, 6) is 0.266. The van der Waals surface area contributed by atoms with Gasteiger partial charge in [-0.2, -0.15) is 0 Å². The van der Waals surface area contributed by atoms with Crippen LogP contribution in [-0.4, -0.2) is 72.9 Å². The van der Waals surface area contributed by atoms with Gasteiger partial charge in [0.2, 0.25) is 6.79 Å². The topological polar surface area (TPSA) is 103 Å². The van der Waals surface area contributed by atoms with E-state index in [0.29, 0.717) is 29.2 Å². The van der Waals surface area contributed by atoms with Gasteiger partial charge in [0.15, 0.2) is 23.3 Å². The summed E-state index contributed by atoms with van der Waals surface area (Å²) in [6.07, 6.45) is 1.06. The van der Waals surface area contributed by atoms with Crippen LogP contribution < -0.4 is 14.8 Å². The van der Waals surface area contributed by atoms with Crippen LogP contribution >= 0.6 is 7.92 Å². The van der Waals surface area contributed by atoms with Crippen molar-refractivity contribution < 1.29 is 33.3 Å². The average molecular weight is 543 g/mol. The molecule has 2 aromatic carbocycles. The van der Waals surface area contributed by atoms with E-state index in [0.717, 1.165) is 18.9 Å². The number of amides is 1. The molecule has 38 heavy (non-hydrogen) atoms. The molecule has 2 aliphatic heterocycles. The minimum absolute atomic E-state index is 0.0372. The molecule has 2 unspecified atom stereocenters. The summed E-state index contributed by atoms with van der Waals surface area (Å²) in [4.78, 5) is 41.0. The van der Waals surface area contributed by atoms with Crippen molar-refractivity contribution in [2.75, 3.05) is 38.8 Å². The highest BCUT2D eigenvalue weighted by Gasteiger charge is 2.35. The number of benzene rings is 2. The smallest absolute Gasteiger partial charge is 0.408 e. The van der Waals surface area contributed by atoms with Gasteiger partial charge in [-0.25, -0.2) is 9.59 Å². The molecule has 1 saturated heterocycles. The zero-order valence-corrected chi connectivity index (χ0v) is 23.2. The summed E-state index contributed by atoms with van der Waals surface area (Å²) in [6, 6.07) is 13.2. The summed E-state index contributed by atoms with van der Waals surface area (Å²) in [6.45, 7) is 8.94. The normalized spacial score (nSPS) is 19.9. The summed E-state index contributed by atoms with van der Waals surface area (Å²) < 4.78 is 22.2. The van der Waals surface area contributed by atoms with Crippen molar-refractivity contribution in [3.05, 3.63) is 59.7 Å². The Balaban J connectivity index is 1.43. The van der Waals surface area contributed by atoms with Crippen molar-refractivity contribution in [2.24, 2.45) is 0 Å². The number of hydrogen-bond donors (Lipinski definition) is 1. The van der Waals surface area contributed by atoms with E-state index in [4.69, 9.17) is 18.9 Å². The van der Waals surface area contributed by atoms with Gasteiger partial charge in [-0.05, 0) is 56.9 Å². The van der Waals surface area contributed by atoms with Gasteiger partial charge in [0.1, 0.15) is 11.4 Å². The molecule has 1 fully saturated rings. The Hall–Kier alpha value is -3.16. The number of nitrogens with one attached hydrogen (secondary N) is 1. The van der Waals surface area contributed by atoms with Crippen LogP contribution in [0, 0.1) is 0 Å². The Labute approximate surface area is 224 Å². The molecule has 4 rings (SSSR count). The summed E-state index contributed by atoms with van der Waals surface area (Å²) >= 11 is 0. The first-order chi connectivity index (χ1) is 18.1. The predicted octanol–water partition coefficient (Wildman–Crippen LogP) is 4.55. The first kappa shape index (κ1) is 27.9. The van der Waals surface area contributed by atoms with Crippen LogP contribution in [0.25, 0.3) is 0 Å². The van der Waals surface area contributed by atoms with E-state index in [1.165, 1.54) is 0 Å². The molecule has 0 radical (unpaired) electrons. The van der Waals surface area contributed by atoms with Crippen molar-refractivity contribution in [3.8, 4) is 11.5 Å². The number of hydrogen-bond acceptors (Lipinski definition) is 8. The standard InChI is InChI=1S/C28H35N2O7P/c1-5-38-14-13-30(16-21(31)20-11-12-22-23(15-20)35-18-34-22)17-24(38)36-26(32)25(19-9-7-6-8-10-19)29-27(33)37-28(2,3)4/h6-12,15,24-25H,5,13-14,16-18H2,1-4H3,(H,29,33)/t24-,25?,38?/m1/s1. The summed E-state index contributed by atoms with van der Waals surface area (Å²) in [5.41, 5.74) is 0.451. The third-order valence-electron chi connectivity index (χ3n) is 6.27. The molecule has 0 bridgehead atoms. The van der Waals surface area contributed by atoms with E-state index in [1.807, 2.05) is 11.0 Å². The number of carbonyl (C=O) groups excluding carboxylic acids is 3. The molecule has 2 aromatic rings. The first-order valence-corrected chi connectivity index (χ1v) is 14.6. The Morgan fingerprint density at radius 3 is 2.55 bits per heavy atom. The highest BCUT2D eigenvalue weighted by Crippen LogP contribution is 2.45. The summed E-state index contributed by atoms with van der Waals surface area (Å²) in [7, 11) is -0.588. The van der Waals surface area contributed by atoms with Crippen molar-refractivity contribution >= 4 is 25.8 Å². The lowest BCUT2D eigenvalue weighted by atomic mass is 10.1. The number of ether oxygens (including phenoxy) is 4. The van der Waals surface area contributed by atoms with Crippen LogP contribution in [0.15, 0.2) is 48.5 Å². The van der Waals surface area contributed by atoms with Gasteiger partial charge in [0.25, 0.3) is 0 Å². The molecule has 1 amide bonds. The predicted molar refractivity (Wildman–Crippen MR) is 144 cm³/mol. The molecule has 2 heterocycles. The first-order valence-electron chi connectivity index (χ1n) is 12.8. The molecule has 0 aliphatic carbocycles. The van der Waals surface area contributed by atoms with Gasteiger partial charge in [-0.15, -0.1) is 0 Å². The van der Waals surface area contributed by atoms with Gasteiger partial charge in [-0.1, -0.05) is 45.2 Å². The monoisotopic (exact) mass is 542 g/mol. The van der Waals surface area contributed by atoms with Crippen molar-refractivity contribution in [1.29, 1.82) is 0 Å². The third-order valence-corrected chi connectivity index (χ3v) is 8.94. The maximum absolute atomic E-state index is 13.4. The number of carbonyl (C=O) groups is 3. The van der Waals surface area contributed by atoms with Crippen LogP contribution in [-0.2, 0) is 14.3 Å². The van der Waals surface area contributed by atoms with Gasteiger partial charge in [0.05, 0.1) is 6.54 Å². The van der Waals surface area contributed by atoms with Crippen LogP contribution in [0.2, 0.25) is 0 Å². The van der Waals surface area contributed by atoms with Gasteiger partial charge >= 0.3 is 12.1 Å². The number of fused-ring (bicyclic) bond motifs is 1. The third kappa shape index (κ3) is 7.23. The fraction of sp³-hybridized carbons (Fsp3) is 0.464. The van der Waals surface area contributed by atoms with Gasteiger partial charge in [0, 0.05) is 18.7 Å². The van der Waals surface area contributed by atoms with E-state index in [2.05, 4.69) is 12.2 Å². The lowest BCUT2D eigenvalue weighted by Crippen LogP contribution is -2.45. The van der Waals surface area contributed by atoms with Crippen LogP contribution in [0.4, 0.5) is 4.79 Å².